The zero-order valence-electron chi connectivity index (χ0n) is 5.94. The van der Waals surface area contributed by atoms with Crippen molar-refractivity contribution in [2.45, 2.75) is 0 Å². The molecule has 0 aliphatic heterocycles. The summed E-state index contributed by atoms with van der Waals surface area (Å²) in [7, 11) is 0. The minimum atomic E-state index is -0.443. The van der Waals surface area contributed by atoms with Crippen LogP contribution in [-0.2, 0) is 0 Å². The van der Waals surface area contributed by atoms with Crippen LogP contribution in [0, 0.1) is 5.82 Å². The maximum atomic E-state index is 12.9. The zero-order chi connectivity index (χ0) is 8.72. The first-order chi connectivity index (χ1) is 5.68. The molecule has 12 heavy (non-hydrogen) atoms. The number of nitrogens with zero attached hydrogens (tertiary/aromatic N) is 1. The lowest BCUT2D eigenvalue weighted by Gasteiger charge is -1.94. The van der Waals surface area contributed by atoms with E-state index >= 15 is 0 Å². The molecule has 0 radical (unpaired) electrons. The smallest absolute Gasteiger partial charge is 0.148 e. The predicted octanol–water partition coefficient (Wildman–Crippen LogP) is 2.05. The van der Waals surface area contributed by atoms with E-state index in [9.17, 15) is 4.39 Å². The highest BCUT2D eigenvalue weighted by atomic mass is 79.9. The van der Waals surface area contributed by atoms with Gasteiger partial charge in [-0.2, -0.15) is 5.10 Å². The van der Waals surface area contributed by atoms with Crippen LogP contribution in [-0.4, -0.2) is 10.2 Å². The van der Waals surface area contributed by atoms with E-state index in [0.717, 1.165) is 5.39 Å². The summed E-state index contributed by atoms with van der Waals surface area (Å²) in [6.07, 6.45) is 0. The van der Waals surface area contributed by atoms with Gasteiger partial charge >= 0.3 is 0 Å². The largest absolute Gasteiger partial charge is 0.396 e. The van der Waals surface area contributed by atoms with Crippen molar-refractivity contribution in [2.75, 3.05) is 5.73 Å². The average molecular weight is 230 g/mol. The van der Waals surface area contributed by atoms with E-state index in [0.29, 0.717) is 10.1 Å². The minimum Gasteiger partial charge on any atom is -0.396 e. The zero-order valence-corrected chi connectivity index (χ0v) is 7.52. The summed E-state index contributed by atoms with van der Waals surface area (Å²) < 4.78 is 13.6. The molecule has 0 unspecified atom stereocenters. The molecule has 0 spiro atoms. The Hall–Kier alpha value is -1.10. The highest BCUT2D eigenvalue weighted by Crippen LogP contribution is 2.24. The number of benzene rings is 1. The van der Waals surface area contributed by atoms with Crippen LogP contribution in [0.4, 0.5) is 10.1 Å². The monoisotopic (exact) mass is 229 g/mol. The molecule has 0 saturated carbocycles. The molecule has 0 aliphatic rings. The Morgan fingerprint density at radius 2 is 2.25 bits per heavy atom. The van der Waals surface area contributed by atoms with Gasteiger partial charge in [-0.05, 0) is 22.0 Å². The van der Waals surface area contributed by atoms with Gasteiger partial charge in [-0.1, -0.05) is 0 Å². The maximum absolute atomic E-state index is 12.9. The van der Waals surface area contributed by atoms with Crippen LogP contribution in [0.15, 0.2) is 16.7 Å². The van der Waals surface area contributed by atoms with E-state index in [2.05, 4.69) is 26.1 Å². The van der Waals surface area contributed by atoms with Crippen molar-refractivity contribution in [2.24, 2.45) is 0 Å². The first kappa shape index (κ1) is 7.54. The fourth-order valence-corrected chi connectivity index (χ4v) is 1.42. The Bertz CT molecular complexity index is 437. The number of H-pyrrole nitrogens is 1. The number of aromatic nitrogens is 2. The lowest BCUT2D eigenvalue weighted by Crippen LogP contribution is -1.89. The number of aromatic amines is 1. The predicted molar refractivity (Wildman–Crippen MR) is 48.2 cm³/mol. The SMILES string of the molecule is Nc1cc2c(Br)[nH]nc2cc1F. The number of nitrogen functional groups attached to an aromatic ring is 1. The van der Waals surface area contributed by atoms with Crippen molar-refractivity contribution in [3.63, 3.8) is 0 Å². The summed E-state index contributed by atoms with van der Waals surface area (Å²) in [5, 5.41) is 7.31. The lowest BCUT2D eigenvalue weighted by atomic mass is 10.2. The van der Waals surface area contributed by atoms with Crippen LogP contribution in [0.1, 0.15) is 0 Å². The third-order valence-corrected chi connectivity index (χ3v) is 2.23. The molecule has 2 rings (SSSR count). The molecule has 62 valence electrons. The van der Waals surface area contributed by atoms with E-state index in [-0.39, 0.29) is 5.69 Å². The summed E-state index contributed by atoms with van der Waals surface area (Å²) >= 11 is 3.23. The van der Waals surface area contributed by atoms with Crippen molar-refractivity contribution < 1.29 is 4.39 Å². The van der Waals surface area contributed by atoms with E-state index in [4.69, 9.17) is 5.73 Å². The van der Waals surface area contributed by atoms with Crippen LogP contribution in [0.25, 0.3) is 10.9 Å². The van der Waals surface area contributed by atoms with E-state index < -0.39 is 5.82 Å². The van der Waals surface area contributed by atoms with Crippen LogP contribution in [0.5, 0.6) is 0 Å². The highest BCUT2D eigenvalue weighted by molar-refractivity contribution is 9.10. The Kier molecular flexibility index (Phi) is 1.54. The number of anilines is 1. The van der Waals surface area contributed by atoms with Gasteiger partial charge in [0.05, 0.1) is 11.2 Å². The van der Waals surface area contributed by atoms with Gasteiger partial charge in [0.1, 0.15) is 10.4 Å². The van der Waals surface area contributed by atoms with Crippen molar-refractivity contribution in [3.8, 4) is 0 Å². The van der Waals surface area contributed by atoms with Gasteiger partial charge in [-0.25, -0.2) is 4.39 Å². The quantitative estimate of drug-likeness (QED) is 0.680. The molecule has 1 aromatic heterocycles. The maximum Gasteiger partial charge on any atom is 0.148 e. The summed E-state index contributed by atoms with van der Waals surface area (Å²) in [4.78, 5) is 0. The second kappa shape index (κ2) is 2.45. The van der Waals surface area contributed by atoms with Gasteiger partial charge in [0.25, 0.3) is 0 Å². The molecular formula is C7H5BrFN3. The van der Waals surface area contributed by atoms with Crippen LogP contribution >= 0.6 is 15.9 Å². The third kappa shape index (κ3) is 0.972. The Morgan fingerprint density at radius 3 is 3.00 bits per heavy atom. The summed E-state index contributed by atoms with van der Waals surface area (Å²) in [5.74, 6) is -0.443. The Balaban J connectivity index is 2.87. The number of hydrogen-bond donors (Lipinski definition) is 2. The lowest BCUT2D eigenvalue weighted by molar-refractivity contribution is 0.634. The average Bonchev–Trinajstić information content (AvgIpc) is 2.35. The molecule has 0 amide bonds. The summed E-state index contributed by atoms with van der Waals surface area (Å²) in [5.41, 5.74) is 6.07. The Labute approximate surface area is 75.9 Å². The van der Waals surface area contributed by atoms with E-state index in [1.165, 1.54) is 12.1 Å². The van der Waals surface area contributed by atoms with Crippen molar-refractivity contribution in [3.05, 3.63) is 22.6 Å². The fourth-order valence-electron chi connectivity index (χ4n) is 1.02. The number of nitrogens with two attached hydrogens (primary N) is 1. The van der Waals surface area contributed by atoms with Gasteiger partial charge in [-0.3, -0.25) is 5.10 Å². The molecule has 3 N–H and O–H groups in total. The van der Waals surface area contributed by atoms with Gasteiger partial charge < -0.3 is 5.73 Å². The second-order valence-electron chi connectivity index (χ2n) is 2.43. The number of hydrogen-bond acceptors (Lipinski definition) is 2. The first-order valence-electron chi connectivity index (χ1n) is 3.27. The van der Waals surface area contributed by atoms with Gasteiger partial charge in [0, 0.05) is 11.5 Å². The Morgan fingerprint density at radius 1 is 1.50 bits per heavy atom. The second-order valence-corrected chi connectivity index (χ2v) is 3.22. The first-order valence-corrected chi connectivity index (χ1v) is 4.06. The molecule has 0 atom stereocenters. The number of halogens is 2. The van der Waals surface area contributed by atoms with E-state index in [1.54, 1.807) is 0 Å². The van der Waals surface area contributed by atoms with Crippen LogP contribution in [0.3, 0.4) is 0 Å². The molecule has 0 bridgehead atoms. The standard InChI is InChI=1S/C7H5BrFN3/c8-7-3-1-5(10)4(9)2-6(3)11-12-7/h1-2H,10H2,(H,11,12). The highest BCUT2D eigenvalue weighted by Gasteiger charge is 2.06. The summed E-state index contributed by atoms with van der Waals surface area (Å²) in [6.45, 7) is 0. The van der Waals surface area contributed by atoms with Gasteiger partial charge in [-0.15, -0.1) is 0 Å². The van der Waals surface area contributed by atoms with E-state index in [1.807, 2.05) is 0 Å². The molecule has 1 heterocycles. The molecule has 0 fully saturated rings. The molecule has 0 aliphatic carbocycles. The van der Waals surface area contributed by atoms with Crippen LogP contribution < -0.4 is 5.73 Å². The van der Waals surface area contributed by atoms with Crippen molar-refractivity contribution in [1.29, 1.82) is 0 Å². The normalized spacial score (nSPS) is 10.8. The minimum absolute atomic E-state index is 0.129. The van der Waals surface area contributed by atoms with Gasteiger partial charge in [0.15, 0.2) is 0 Å². The topological polar surface area (TPSA) is 54.7 Å². The van der Waals surface area contributed by atoms with Gasteiger partial charge in [0.2, 0.25) is 0 Å². The van der Waals surface area contributed by atoms with Crippen LogP contribution in [0.2, 0.25) is 0 Å². The summed E-state index contributed by atoms with van der Waals surface area (Å²) in [6, 6.07) is 2.84. The number of nitrogens with one attached hydrogen (secondary N) is 1. The number of rotatable bonds is 0. The molecule has 0 saturated heterocycles. The molecule has 3 nitrogen and oxygen atoms in total. The van der Waals surface area contributed by atoms with Crippen molar-refractivity contribution in [1.82, 2.24) is 10.2 Å². The third-order valence-electron chi connectivity index (χ3n) is 1.63. The molecule has 5 heteroatoms. The number of fused-ring (bicyclic) bond motifs is 1. The molecule has 1 aromatic carbocycles. The molecular weight excluding hydrogens is 225 g/mol. The van der Waals surface area contributed by atoms with Crippen molar-refractivity contribution >= 4 is 32.5 Å². The molecule has 2 aromatic rings. The fraction of sp³-hybridized carbons (Fsp3) is 0.